The quantitative estimate of drug-likeness (QED) is 0.677. The molecule has 21 heavy (non-hydrogen) atoms. The number of nitrogens with zero attached hydrogens (tertiary/aromatic N) is 1. The van der Waals surface area contributed by atoms with Gasteiger partial charge in [-0.15, -0.1) is 0 Å². The highest BCUT2D eigenvalue weighted by Gasteiger charge is 2.14. The molecule has 5 nitrogen and oxygen atoms in total. The molecule has 2 aromatic rings. The number of benzene rings is 2. The molecule has 0 unspecified atom stereocenters. The summed E-state index contributed by atoms with van der Waals surface area (Å²) in [5.41, 5.74) is 0.529. The molecular weight excluding hydrogens is 277 g/mol. The van der Waals surface area contributed by atoms with Crippen LogP contribution in [0, 0.1) is 15.9 Å². The molecule has 0 radical (unpaired) electrons. The number of nitro benzene ring substituents is 1. The van der Waals surface area contributed by atoms with Gasteiger partial charge in [0.15, 0.2) is 0 Å². The monoisotopic (exact) mass is 291 g/mol. The molecular formula is C15H14FNO4. The number of hydrogen-bond donors (Lipinski definition) is 1. The predicted molar refractivity (Wildman–Crippen MR) is 74.5 cm³/mol. The number of halogens is 1. The maximum atomic E-state index is 13.5. The highest BCUT2D eigenvalue weighted by molar-refractivity contribution is 5.37. The lowest BCUT2D eigenvalue weighted by Crippen LogP contribution is -2.02. The van der Waals surface area contributed by atoms with E-state index in [1.165, 1.54) is 6.07 Å². The Labute approximate surface area is 120 Å². The van der Waals surface area contributed by atoms with Crippen molar-refractivity contribution >= 4 is 5.69 Å². The van der Waals surface area contributed by atoms with Crippen LogP contribution in [-0.2, 0) is 6.61 Å². The first kappa shape index (κ1) is 14.9. The van der Waals surface area contributed by atoms with E-state index >= 15 is 0 Å². The summed E-state index contributed by atoms with van der Waals surface area (Å²) >= 11 is 0. The molecule has 0 amide bonds. The molecule has 0 saturated heterocycles. The van der Waals surface area contributed by atoms with Crippen molar-refractivity contribution in [3.8, 4) is 5.75 Å². The van der Waals surface area contributed by atoms with Crippen molar-refractivity contribution in [2.75, 3.05) is 0 Å². The van der Waals surface area contributed by atoms with Crippen LogP contribution in [0.2, 0.25) is 0 Å². The van der Waals surface area contributed by atoms with Gasteiger partial charge in [-0.1, -0.05) is 18.2 Å². The smallest absolute Gasteiger partial charge is 0.304 e. The van der Waals surface area contributed by atoms with Gasteiger partial charge in [-0.2, -0.15) is 4.39 Å². The molecule has 1 atom stereocenters. The van der Waals surface area contributed by atoms with E-state index in [4.69, 9.17) is 4.74 Å². The minimum absolute atomic E-state index is 0.0542. The fourth-order valence-electron chi connectivity index (χ4n) is 1.91. The highest BCUT2D eigenvalue weighted by atomic mass is 19.1. The first-order chi connectivity index (χ1) is 9.99. The largest absolute Gasteiger partial charge is 0.489 e. The van der Waals surface area contributed by atoms with Crippen molar-refractivity contribution in [1.29, 1.82) is 0 Å². The first-order valence-electron chi connectivity index (χ1n) is 6.31. The van der Waals surface area contributed by atoms with Crippen molar-refractivity contribution in [3.63, 3.8) is 0 Å². The molecule has 6 heteroatoms. The number of rotatable bonds is 5. The summed E-state index contributed by atoms with van der Waals surface area (Å²) in [5.74, 6) is -0.406. The van der Waals surface area contributed by atoms with Crippen LogP contribution in [0.5, 0.6) is 5.75 Å². The Morgan fingerprint density at radius 1 is 1.33 bits per heavy atom. The summed E-state index contributed by atoms with van der Waals surface area (Å²) < 4.78 is 19.0. The number of ether oxygens (including phenoxy) is 1. The second-order valence-electron chi connectivity index (χ2n) is 4.55. The maximum Gasteiger partial charge on any atom is 0.304 e. The lowest BCUT2D eigenvalue weighted by molar-refractivity contribution is -0.387. The highest BCUT2D eigenvalue weighted by Crippen LogP contribution is 2.26. The molecule has 0 saturated carbocycles. The van der Waals surface area contributed by atoms with Crippen molar-refractivity contribution in [1.82, 2.24) is 0 Å². The van der Waals surface area contributed by atoms with Gasteiger partial charge < -0.3 is 9.84 Å². The van der Waals surface area contributed by atoms with Crippen LogP contribution < -0.4 is 4.74 Å². The molecule has 0 aliphatic rings. The Kier molecular flexibility index (Phi) is 4.49. The third kappa shape index (κ3) is 3.55. The van der Waals surface area contributed by atoms with Crippen LogP contribution in [-0.4, -0.2) is 10.0 Å². The second kappa shape index (κ2) is 6.32. The van der Waals surface area contributed by atoms with E-state index in [1.54, 1.807) is 31.2 Å². The molecule has 0 aliphatic heterocycles. The van der Waals surface area contributed by atoms with Gasteiger partial charge in [0.05, 0.1) is 11.0 Å². The molecule has 0 heterocycles. The minimum Gasteiger partial charge on any atom is -0.489 e. The van der Waals surface area contributed by atoms with Crippen LogP contribution in [0.3, 0.4) is 0 Å². The normalized spacial score (nSPS) is 12.0. The van der Waals surface area contributed by atoms with E-state index in [1.807, 2.05) is 0 Å². The number of para-hydroxylation sites is 1. The topological polar surface area (TPSA) is 72.6 Å². The summed E-state index contributed by atoms with van der Waals surface area (Å²) in [6, 6.07) is 10.6. The average molecular weight is 291 g/mol. The average Bonchev–Trinajstić information content (AvgIpc) is 2.45. The van der Waals surface area contributed by atoms with Gasteiger partial charge in [-0.25, -0.2) is 0 Å². The van der Waals surface area contributed by atoms with Crippen LogP contribution in [0.15, 0.2) is 42.5 Å². The van der Waals surface area contributed by atoms with Crippen LogP contribution >= 0.6 is 0 Å². The molecule has 0 fully saturated rings. The zero-order valence-electron chi connectivity index (χ0n) is 11.3. The number of nitro groups is 1. The summed E-state index contributed by atoms with van der Waals surface area (Å²) in [6.45, 7) is 1.67. The molecule has 2 aromatic carbocycles. The van der Waals surface area contributed by atoms with E-state index in [9.17, 15) is 19.6 Å². The SMILES string of the molecule is C[C@H](O)c1ccccc1OCc1ccc([N+](=O)[O-])c(F)c1. The molecule has 2 rings (SSSR count). The zero-order chi connectivity index (χ0) is 15.4. The number of aliphatic hydroxyl groups is 1. The van der Waals surface area contributed by atoms with Crippen molar-refractivity contribution < 1.29 is 19.2 Å². The third-order valence-corrected chi connectivity index (χ3v) is 2.97. The Balaban J connectivity index is 2.14. The Hall–Kier alpha value is -2.47. The molecule has 1 N–H and O–H groups in total. The van der Waals surface area contributed by atoms with Gasteiger partial charge in [0.25, 0.3) is 0 Å². The maximum absolute atomic E-state index is 13.5. The molecule has 0 aliphatic carbocycles. The Morgan fingerprint density at radius 3 is 2.67 bits per heavy atom. The number of aliphatic hydroxyl groups excluding tert-OH is 1. The van der Waals surface area contributed by atoms with Crippen molar-refractivity contribution in [2.45, 2.75) is 19.6 Å². The van der Waals surface area contributed by atoms with Gasteiger partial charge >= 0.3 is 5.69 Å². The van der Waals surface area contributed by atoms with E-state index in [-0.39, 0.29) is 6.61 Å². The molecule has 110 valence electrons. The third-order valence-electron chi connectivity index (χ3n) is 2.97. The van der Waals surface area contributed by atoms with Crippen LogP contribution in [0.1, 0.15) is 24.2 Å². The van der Waals surface area contributed by atoms with Crippen molar-refractivity contribution in [3.05, 3.63) is 69.5 Å². The van der Waals surface area contributed by atoms with Crippen LogP contribution in [0.4, 0.5) is 10.1 Å². The lowest BCUT2D eigenvalue weighted by atomic mass is 10.1. The predicted octanol–water partition coefficient (Wildman–Crippen LogP) is 3.37. The lowest BCUT2D eigenvalue weighted by Gasteiger charge is -2.13. The summed E-state index contributed by atoms with van der Waals surface area (Å²) in [4.78, 5) is 9.76. The van der Waals surface area contributed by atoms with Crippen LogP contribution in [0.25, 0.3) is 0 Å². The van der Waals surface area contributed by atoms with E-state index in [0.717, 1.165) is 12.1 Å². The first-order valence-corrected chi connectivity index (χ1v) is 6.31. The Morgan fingerprint density at radius 2 is 2.05 bits per heavy atom. The van der Waals surface area contributed by atoms with E-state index in [0.29, 0.717) is 16.9 Å². The fraction of sp³-hybridized carbons (Fsp3) is 0.200. The second-order valence-corrected chi connectivity index (χ2v) is 4.55. The summed E-state index contributed by atoms with van der Waals surface area (Å²) in [6.07, 6.45) is -0.685. The van der Waals surface area contributed by atoms with E-state index in [2.05, 4.69) is 0 Å². The summed E-state index contributed by atoms with van der Waals surface area (Å²) in [5, 5.41) is 20.2. The molecule has 0 spiro atoms. The van der Waals surface area contributed by atoms with Gasteiger partial charge in [0.1, 0.15) is 12.4 Å². The van der Waals surface area contributed by atoms with Gasteiger partial charge in [-0.3, -0.25) is 10.1 Å². The van der Waals surface area contributed by atoms with E-state index < -0.39 is 22.5 Å². The molecule has 0 aromatic heterocycles. The standard InChI is InChI=1S/C15H14FNO4/c1-10(18)12-4-2-3-5-15(12)21-9-11-6-7-14(17(19)20)13(16)8-11/h2-8,10,18H,9H2,1H3/t10-/m0/s1. The number of hydrogen-bond acceptors (Lipinski definition) is 4. The fourth-order valence-corrected chi connectivity index (χ4v) is 1.91. The van der Waals surface area contributed by atoms with Gasteiger partial charge in [-0.05, 0) is 30.7 Å². The van der Waals surface area contributed by atoms with Crippen molar-refractivity contribution in [2.24, 2.45) is 0 Å². The zero-order valence-corrected chi connectivity index (χ0v) is 11.3. The summed E-state index contributed by atoms with van der Waals surface area (Å²) in [7, 11) is 0. The van der Waals surface area contributed by atoms with Gasteiger partial charge in [0.2, 0.25) is 5.82 Å². The molecule has 0 bridgehead atoms. The minimum atomic E-state index is -0.898. The van der Waals surface area contributed by atoms with Gasteiger partial charge in [0, 0.05) is 11.6 Å². The Bertz CT molecular complexity index is 658.